The van der Waals surface area contributed by atoms with Crippen LogP contribution in [-0.4, -0.2) is 38.7 Å². The standard InChI is InChI=1S/C15H21N3O4/c1-21-12-5-3-10(7-13(12)22-2)8-17-15(20)18-11-4-6-14(19)16-9-11/h3,5,7,11H,4,6,8-9H2,1-2H3,(H,16,19)(H2,17,18,20)/t11-/m0/s1. The molecule has 1 heterocycles. The lowest BCUT2D eigenvalue weighted by molar-refractivity contribution is -0.122. The Balaban J connectivity index is 1.82. The van der Waals surface area contributed by atoms with Crippen molar-refractivity contribution in [1.29, 1.82) is 0 Å². The Kier molecular flexibility index (Phi) is 5.46. The molecule has 22 heavy (non-hydrogen) atoms. The van der Waals surface area contributed by atoms with Crippen LogP contribution in [0.15, 0.2) is 18.2 Å². The van der Waals surface area contributed by atoms with Gasteiger partial charge in [-0.2, -0.15) is 0 Å². The van der Waals surface area contributed by atoms with Crippen LogP contribution in [0.5, 0.6) is 11.5 Å². The van der Waals surface area contributed by atoms with Crippen LogP contribution in [-0.2, 0) is 11.3 Å². The first-order chi connectivity index (χ1) is 10.6. The van der Waals surface area contributed by atoms with Gasteiger partial charge in [0.1, 0.15) is 0 Å². The SMILES string of the molecule is COc1ccc(CNC(=O)N[C@H]2CCC(=O)NC2)cc1OC. The summed E-state index contributed by atoms with van der Waals surface area (Å²) in [5, 5.41) is 8.35. The van der Waals surface area contributed by atoms with E-state index >= 15 is 0 Å². The molecule has 7 nitrogen and oxygen atoms in total. The molecule has 0 spiro atoms. The lowest BCUT2D eigenvalue weighted by Crippen LogP contribution is -2.50. The van der Waals surface area contributed by atoms with Crippen LogP contribution in [0, 0.1) is 0 Å². The van der Waals surface area contributed by atoms with Crippen molar-refractivity contribution in [3.63, 3.8) is 0 Å². The van der Waals surface area contributed by atoms with E-state index in [2.05, 4.69) is 16.0 Å². The number of carbonyl (C=O) groups is 2. The van der Waals surface area contributed by atoms with Gasteiger partial charge < -0.3 is 25.4 Å². The normalized spacial score (nSPS) is 17.4. The number of piperidine rings is 1. The number of hydrogen-bond acceptors (Lipinski definition) is 4. The van der Waals surface area contributed by atoms with E-state index < -0.39 is 0 Å². The second kappa shape index (κ2) is 7.53. The number of amides is 3. The van der Waals surface area contributed by atoms with Gasteiger partial charge in [-0.3, -0.25) is 4.79 Å². The lowest BCUT2D eigenvalue weighted by atomic mass is 10.1. The van der Waals surface area contributed by atoms with Crippen molar-refractivity contribution in [3.8, 4) is 11.5 Å². The molecule has 2 rings (SSSR count). The van der Waals surface area contributed by atoms with Gasteiger partial charge in [0.25, 0.3) is 0 Å². The van der Waals surface area contributed by atoms with E-state index in [1.54, 1.807) is 20.3 Å². The maximum atomic E-state index is 11.9. The van der Waals surface area contributed by atoms with Gasteiger partial charge in [0.15, 0.2) is 11.5 Å². The number of hydrogen-bond donors (Lipinski definition) is 3. The van der Waals surface area contributed by atoms with Gasteiger partial charge in [-0.15, -0.1) is 0 Å². The molecule has 0 radical (unpaired) electrons. The summed E-state index contributed by atoms with van der Waals surface area (Å²) in [7, 11) is 3.14. The minimum absolute atomic E-state index is 0.0249. The molecule has 1 saturated heterocycles. The van der Waals surface area contributed by atoms with Crippen molar-refractivity contribution in [2.24, 2.45) is 0 Å². The van der Waals surface area contributed by atoms with E-state index in [1.165, 1.54) is 0 Å². The molecule has 0 unspecified atom stereocenters. The third-order valence-corrected chi connectivity index (χ3v) is 3.50. The highest BCUT2D eigenvalue weighted by Gasteiger charge is 2.19. The number of rotatable bonds is 5. The zero-order valence-electron chi connectivity index (χ0n) is 12.8. The van der Waals surface area contributed by atoms with Crippen LogP contribution < -0.4 is 25.4 Å². The van der Waals surface area contributed by atoms with Gasteiger partial charge in [-0.25, -0.2) is 4.79 Å². The van der Waals surface area contributed by atoms with Crippen molar-refractivity contribution in [2.45, 2.75) is 25.4 Å². The molecular weight excluding hydrogens is 286 g/mol. The summed E-state index contributed by atoms with van der Waals surface area (Å²) in [6.45, 7) is 0.855. The Morgan fingerprint density at radius 1 is 1.32 bits per heavy atom. The molecule has 1 aliphatic rings. The minimum Gasteiger partial charge on any atom is -0.493 e. The molecule has 7 heteroatoms. The summed E-state index contributed by atoms with van der Waals surface area (Å²) in [5.41, 5.74) is 0.907. The van der Waals surface area contributed by atoms with Gasteiger partial charge in [0.05, 0.1) is 14.2 Å². The van der Waals surface area contributed by atoms with E-state index in [0.717, 1.165) is 5.56 Å². The molecule has 1 fully saturated rings. The summed E-state index contributed by atoms with van der Waals surface area (Å²) in [6.07, 6.45) is 1.11. The van der Waals surface area contributed by atoms with Crippen LogP contribution in [0.3, 0.4) is 0 Å². The average molecular weight is 307 g/mol. The van der Waals surface area contributed by atoms with Crippen LogP contribution in [0.25, 0.3) is 0 Å². The number of ether oxygens (including phenoxy) is 2. The summed E-state index contributed by atoms with van der Waals surface area (Å²) in [4.78, 5) is 22.9. The summed E-state index contributed by atoms with van der Waals surface area (Å²) in [6, 6.07) is 5.20. The highest BCUT2D eigenvalue weighted by atomic mass is 16.5. The van der Waals surface area contributed by atoms with Crippen molar-refractivity contribution < 1.29 is 19.1 Å². The molecule has 3 amide bonds. The molecule has 0 aliphatic carbocycles. The Morgan fingerprint density at radius 3 is 2.73 bits per heavy atom. The molecule has 1 aliphatic heterocycles. The van der Waals surface area contributed by atoms with Crippen LogP contribution in [0.2, 0.25) is 0 Å². The molecule has 3 N–H and O–H groups in total. The Bertz CT molecular complexity index is 538. The van der Waals surface area contributed by atoms with Gasteiger partial charge in [-0.05, 0) is 24.1 Å². The zero-order valence-corrected chi connectivity index (χ0v) is 12.8. The maximum absolute atomic E-state index is 11.9. The molecule has 1 aromatic rings. The van der Waals surface area contributed by atoms with E-state index in [-0.39, 0.29) is 18.0 Å². The Morgan fingerprint density at radius 2 is 2.09 bits per heavy atom. The summed E-state index contributed by atoms with van der Waals surface area (Å²) >= 11 is 0. The minimum atomic E-state index is -0.254. The van der Waals surface area contributed by atoms with Crippen LogP contribution in [0.1, 0.15) is 18.4 Å². The van der Waals surface area contributed by atoms with Crippen molar-refractivity contribution in [1.82, 2.24) is 16.0 Å². The van der Waals surface area contributed by atoms with Crippen molar-refractivity contribution in [3.05, 3.63) is 23.8 Å². The van der Waals surface area contributed by atoms with Gasteiger partial charge >= 0.3 is 6.03 Å². The molecule has 0 bridgehead atoms. The molecular formula is C15H21N3O4. The lowest BCUT2D eigenvalue weighted by Gasteiger charge is -2.23. The van der Waals surface area contributed by atoms with Gasteiger partial charge in [0, 0.05) is 25.6 Å². The fourth-order valence-electron chi connectivity index (χ4n) is 2.27. The first kappa shape index (κ1) is 15.9. The quantitative estimate of drug-likeness (QED) is 0.750. The molecule has 120 valence electrons. The first-order valence-electron chi connectivity index (χ1n) is 7.14. The monoisotopic (exact) mass is 307 g/mol. The molecule has 0 aromatic heterocycles. The highest BCUT2D eigenvalue weighted by Crippen LogP contribution is 2.27. The largest absolute Gasteiger partial charge is 0.493 e. The first-order valence-corrected chi connectivity index (χ1v) is 7.14. The molecule has 0 saturated carbocycles. The van der Waals surface area contributed by atoms with Gasteiger partial charge in [0.2, 0.25) is 5.91 Å². The predicted molar refractivity (Wildman–Crippen MR) is 80.9 cm³/mol. The highest BCUT2D eigenvalue weighted by molar-refractivity contribution is 5.78. The average Bonchev–Trinajstić information content (AvgIpc) is 2.54. The fraction of sp³-hybridized carbons (Fsp3) is 0.467. The topological polar surface area (TPSA) is 88.7 Å². The predicted octanol–water partition coefficient (Wildman–Crippen LogP) is 0.782. The number of benzene rings is 1. The van der Waals surface area contributed by atoms with E-state index in [4.69, 9.17) is 9.47 Å². The maximum Gasteiger partial charge on any atom is 0.315 e. The number of urea groups is 1. The van der Waals surface area contributed by atoms with Crippen molar-refractivity contribution >= 4 is 11.9 Å². The number of carbonyl (C=O) groups excluding carboxylic acids is 2. The molecule has 1 aromatic carbocycles. The fourth-order valence-corrected chi connectivity index (χ4v) is 2.27. The molecule has 1 atom stereocenters. The smallest absolute Gasteiger partial charge is 0.315 e. The zero-order chi connectivity index (χ0) is 15.9. The van der Waals surface area contributed by atoms with Crippen LogP contribution in [0.4, 0.5) is 4.79 Å². The Hall–Kier alpha value is -2.44. The summed E-state index contributed by atoms with van der Waals surface area (Å²) < 4.78 is 10.4. The second-order valence-corrected chi connectivity index (χ2v) is 5.06. The number of nitrogens with one attached hydrogen (secondary N) is 3. The van der Waals surface area contributed by atoms with E-state index in [1.807, 2.05) is 12.1 Å². The second-order valence-electron chi connectivity index (χ2n) is 5.06. The Labute approximate surface area is 129 Å². The van der Waals surface area contributed by atoms with Crippen molar-refractivity contribution in [2.75, 3.05) is 20.8 Å². The van der Waals surface area contributed by atoms with Gasteiger partial charge in [-0.1, -0.05) is 6.07 Å². The third kappa shape index (κ3) is 4.28. The third-order valence-electron chi connectivity index (χ3n) is 3.50. The van der Waals surface area contributed by atoms with Crippen LogP contribution >= 0.6 is 0 Å². The van der Waals surface area contributed by atoms with E-state index in [0.29, 0.717) is 37.4 Å². The van der Waals surface area contributed by atoms with E-state index in [9.17, 15) is 9.59 Å². The number of methoxy groups -OCH3 is 2. The summed E-state index contributed by atoms with van der Waals surface area (Å²) in [5.74, 6) is 1.30.